The minimum absolute atomic E-state index is 0.0627. The molecule has 0 fully saturated rings. The van der Waals surface area contributed by atoms with Crippen LogP contribution in [0.25, 0.3) is 11.5 Å². The summed E-state index contributed by atoms with van der Waals surface area (Å²) < 4.78 is 17.6. The highest BCUT2D eigenvalue weighted by Gasteiger charge is 2.19. The highest BCUT2D eigenvalue weighted by molar-refractivity contribution is 5.81. The van der Waals surface area contributed by atoms with Gasteiger partial charge in [0.25, 0.3) is 0 Å². The lowest BCUT2D eigenvalue weighted by atomic mass is 10.1. The largest absolute Gasteiger partial charge is 0.338 e. The zero-order chi connectivity index (χ0) is 12.4. The molecule has 0 saturated heterocycles. The van der Waals surface area contributed by atoms with Crippen LogP contribution in [-0.4, -0.2) is 20.9 Å². The molecule has 2 aromatic heterocycles. The minimum atomic E-state index is -0.448. The van der Waals surface area contributed by atoms with Gasteiger partial charge in [-0.15, -0.1) is 0 Å². The SMILES string of the molecule is CC(=O)C(C)c1nc(-c2ccc(F)cn2)no1. The summed E-state index contributed by atoms with van der Waals surface area (Å²) in [7, 11) is 0. The molecule has 0 aliphatic carbocycles. The molecule has 1 atom stereocenters. The summed E-state index contributed by atoms with van der Waals surface area (Å²) in [6.45, 7) is 3.13. The Balaban J connectivity index is 2.29. The average Bonchev–Trinajstić information content (AvgIpc) is 2.78. The van der Waals surface area contributed by atoms with Crippen LogP contribution in [0.15, 0.2) is 22.9 Å². The fourth-order valence-corrected chi connectivity index (χ4v) is 1.20. The fraction of sp³-hybridized carbons (Fsp3) is 0.273. The summed E-state index contributed by atoms with van der Waals surface area (Å²) in [4.78, 5) is 19.0. The Kier molecular flexibility index (Phi) is 2.95. The second-order valence-corrected chi connectivity index (χ2v) is 3.65. The Bertz CT molecular complexity index is 536. The second kappa shape index (κ2) is 4.40. The quantitative estimate of drug-likeness (QED) is 0.813. The molecule has 5 nitrogen and oxygen atoms in total. The number of carbonyl (C=O) groups is 1. The van der Waals surface area contributed by atoms with Crippen LogP contribution in [0.3, 0.4) is 0 Å². The van der Waals surface area contributed by atoms with Gasteiger partial charge in [-0.2, -0.15) is 4.98 Å². The van der Waals surface area contributed by atoms with E-state index in [1.165, 1.54) is 19.1 Å². The molecule has 2 rings (SSSR count). The van der Waals surface area contributed by atoms with Crippen LogP contribution in [0.5, 0.6) is 0 Å². The molecule has 2 aromatic rings. The number of ketones is 1. The van der Waals surface area contributed by atoms with E-state index >= 15 is 0 Å². The van der Waals surface area contributed by atoms with E-state index in [4.69, 9.17) is 4.52 Å². The van der Waals surface area contributed by atoms with E-state index in [-0.39, 0.29) is 17.5 Å². The van der Waals surface area contributed by atoms with Crippen molar-refractivity contribution in [2.45, 2.75) is 19.8 Å². The van der Waals surface area contributed by atoms with Crippen molar-refractivity contribution in [2.24, 2.45) is 0 Å². The predicted octanol–water partition coefficient (Wildman–Crippen LogP) is 1.96. The molecule has 88 valence electrons. The van der Waals surface area contributed by atoms with E-state index in [9.17, 15) is 9.18 Å². The Hall–Kier alpha value is -2.11. The Morgan fingerprint density at radius 3 is 2.82 bits per heavy atom. The first-order valence-corrected chi connectivity index (χ1v) is 5.04. The van der Waals surface area contributed by atoms with Crippen molar-refractivity contribution in [1.29, 1.82) is 0 Å². The van der Waals surface area contributed by atoms with Gasteiger partial charge in [-0.25, -0.2) is 9.37 Å². The number of halogens is 1. The molecule has 0 spiro atoms. The molecule has 0 aliphatic rings. The number of rotatable bonds is 3. The number of pyridine rings is 1. The van der Waals surface area contributed by atoms with Crippen LogP contribution < -0.4 is 0 Å². The maximum Gasteiger partial charge on any atom is 0.237 e. The molecule has 2 heterocycles. The highest BCUT2D eigenvalue weighted by atomic mass is 19.1. The number of hydrogen-bond donors (Lipinski definition) is 0. The van der Waals surface area contributed by atoms with E-state index in [0.29, 0.717) is 5.69 Å². The van der Waals surface area contributed by atoms with Crippen LogP contribution in [-0.2, 0) is 4.79 Å². The number of hydrogen-bond acceptors (Lipinski definition) is 5. The molecule has 0 amide bonds. The van der Waals surface area contributed by atoms with E-state index in [0.717, 1.165) is 6.20 Å². The Morgan fingerprint density at radius 1 is 1.47 bits per heavy atom. The first-order chi connectivity index (χ1) is 8.08. The molecule has 17 heavy (non-hydrogen) atoms. The molecule has 0 radical (unpaired) electrons. The Labute approximate surface area is 96.7 Å². The van der Waals surface area contributed by atoms with Gasteiger partial charge in [0.2, 0.25) is 11.7 Å². The van der Waals surface area contributed by atoms with Crippen molar-refractivity contribution in [1.82, 2.24) is 15.1 Å². The van der Waals surface area contributed by atoms with E-state index in [1.54, 1.807) is 6.92 Å². The third-order valence-corrected chi connectivity index (χ3v) is 2.38. The van der Waals surface area contributed by atoms with Crippen LogP contribution >= 0.6 is 0 Å². The molecular formula is C11H10FN3O2. The van der Waals surface area contributed by atoms with Gasteiger partial charge >= 0.3 is 0 Å². The van der Waals surface area contributed by atoms with Gasteiger partial charge in [-0.3, -0.25) is 4.79 Å². The molecule has 0 bridgehead atoms. The lowest BCUT2D eigenvalue weighted by molar-refractivity contribution is -0.118. The highest BCUT2D eigenvalue weighted by Crippen LogP contribution is 2.18. The molecule has 0 aliphatic heterocycles. The van der Waals surface area contributed by atoms with Gasteiger partial charge in [0.15, 0.2) is 0 Å². The predicted molar refractivity (Wildman–Crippen MR) is 56.6 cm³/mol. The van der Waals surface area contributed by atoms with Gasteiger partial charge in [0.1, 0.15) is 17.3 Å². The van der Waals surface area contributed by atoms with Crippen molar-refractivity contribution >= 4 is 5.78 Å². The number of nitrogens with zero attached hydrogens (tertiary/aromatic N) is 3. The van der Waals surface area contributed by atoms with Crippen LogP contribution in [0.4, 0.5) is 4.39 Å². The molecule has 0 N–H and O–H groups in total. The van der Waals surface area contributed by atoms with Gasteiger partial charge in [-0.05, 0) is 26.0 Å². The maximum absolute atomic E-state index is 12.7. The van der Waals surface area contributed by atoms with Crippen molar-refractivity contribution in [3.8, 4) is 11.5 Å². The van der Waals surface area contributed by atoms with Gasteiger partial charge in [0.05, 0.1) is 12.1 Å². The fourth-order valence-electron chi connectivity index (χ4n) is 1.20. The third-order valence-electron chi connectivity index (χ3n) is 2.38. The molecule has 0 aromatic carbocycles. The maximum atomic E-state index is 12.7. The number of carbonyl (C=O) groups excluding carboxylic acids is 1. The van der Waals surface area contributed by atoms with Crippen molar-refractivity contribution in [3.05, 3.63) is 30.0 Å². The van der Waals surface area contributed by atoms with E-state index in [2.05, 4.69) is 15.1 Å². The van der Waals surface area contributed by atoms with E-state index < -0.39 is 11.7 Å². The Morgan fingerprint density at radius 2 is 2.24 bits per heavy atom. The van der Waals surface area contributed by atoms with E-state index in [1.807, 2.05) is 0 Å². The van der Waals surface area contributed by atoms with Crippen LogP contribution in [0, 0.1) is 5.82 Å². The summed E-state index contributed by atoms with van der Waals surface area (Å²) in [5.74, 6) is -0.467. The van der Waals surface area contributed by atoms with Crippen molar-refractivity contribution < 1.29 is 13.7 Å². The number of Topliss-reactive ketones (excluding diaryl/α,β-unsaturated/α-hetero) is 1. The average molecular weight is 235 g/mol. The first kappa shape index (κ1) is 11.4. The lowest BCUT2D eigenvalue weighted by Crippen LogP contribution is -2.04. The lowest BCUT2D eigenvalue weighted by Gasteiger charge is -1.98. The summed E-state index contributed by atoms with van der Waals surface area (Å²) in [6.07, 6.45) is 1.07. The summed E-state index contributed by atoms with van der Waals surface area (Å²) in [5, 5.41) is 3.70. The normalized spacial score (nSPS) is 12.4. The minimum Gasteiger partial charge on any atom is -0.338 e. The van der Waals surface area contributed by atoms with Crippen molar-refractivity contribution in [2.75, 3.05) is 0 Å². The monoisotopic (exact) mass is 235 g/mol. The third kappa shape index (κ3) is 2.35. The zero-order valence-corrected chi connectivity index (χ0v) is 9.35. The first-order valence-electron chi connectivity index (χ1n) is 5.04. The molecular weight excluding hydrogens is 225 g/mol. The van der Waals surface area contributed by atoms with Gasteiger partial charge in [-0.1, -0.05) is 5.16 Å². The topological polar surface area (TPSA) is 68.9 Å². The molecule has 1 unspecified atom stereocenters. The number of aromatic nitrogens is 3. The van der Waals surface area contributed by atoms with Gasteiger partial charge < -0.3 is 4.52 Å². The molecule has 0 saturated carbocycles. The van der Waals surface area contributed by atoms with Crippen LogP contribution in [0.2, 0.25) is 0 Å². The summed E-state index contributed by atoms with van der Waals surface area (Å²) in [6, 6.07) is 2.70. The smallest absolute Gasteiger partial charge is 0.237 e. The van der Waals surface area contributed by atoms with Crippen LogP contribution in [0.1, 0.15) is 25.7 Å². The second-order valence-electron chi connectivity index (χ2n) is 3.65. The van der Waals surface area contributed by atoms with Gasteiger partial charge in [0, 0.05) is 0 Å². The standard InChI is InChI=1S/C11H10FN3O2/c1-6(7(2)16)11-14-10(15-17-11)9-4-3-8(12)5-13-9/h3-6H,1-2H3. The van der Waals surface area contributed by atoms with Crippen molar-refractivity contribution in [3.63, 3.8) is 0 Å². The summed E-state index contributed by atoms with van der Waals surface area (Å²) in [5.41, 5.74) is 0.400. The summed E-state index contributed by atoms with van der Waals surface area (Å²) >= 11 is 0. The zero-order valence-electron chi connectivity index (χ0n) is 9.35. The molecule has 6 heteroatoms.